The van der Waals surface area contributed by atoms with Gasteiger partial charge in [-0.25, -0.2) is 0 Å². The molecule has 0 atom stereocenters. The van der Waals surface area contributed by atoms with E-state index in [2.05, 4.69) is 10.2 Å². The Balaban J connectivity index is 2.12. The lowest BCUT2D eigenvalue weighted by atomic mass is 10.3. The van der Waals surface area contributed by atoms with Crippen LogP contribution in [-0.4, -0.2) is 28.7 Å². The minimum atomic E-state index is -3.73. The third kappa shape index (κ3) is 2.32. The highest BCUT2D eigenvalue weighted by Gasteiger charge is 2.17. The van der Waals surface area contributed by atoms with E-state index in [0.717, 1.165) is 5.69 Å². The largest absolute Gasteiger partial charge is 0.304 e. The molecular weight excluding hydrogens is 266 g/mol. The fourth-order valence-electron chi connectivity index (χ4n) is 1.74. The maximum absolute atomic E-state index is 9.21. The van der Waals surface area contributed by atoms with Gasteiger partial charge in [-0.1, -0.05) is 18.2 Å². The molecule has 7 heteroatoms. The molecule has 1 aromatic heterocycles. The summed E-state index contributed by atoms with van der Waals surface area (Å²) in [4.78, 5) is 1.48. The van der Waals surface area contributed by atoms with Crippen LogP contribution in [0.15, 0.2) is 53.4 Å². The summed E-state index contributed by atoms with van der Waals surface area (Å²) in [6.45, 7) is 0. The third-order valence-electron chi connectivity index (χ3n) is 2.66. The number of aromatic nitrogens is 3. The average molecular weight is 277 g/mol. The smallest absolute Gasteiger partial charge is 0.114 e. The fourth-order valence-corrected chi connectivity index (χ4v) is 2.26. The van der Waals surface area contributed by atoms with E-state index in [0.29, 0.717) is 11.0 Å². The minimum absolute atomic E-state index is 0.0279. The number of hydrogen-bond donors (Lipinski definition) is 3. The standard InChI is InChI=1S/C12H11N3O3S/c16-19(17,18)10-6-7-11-12(8-10)14-15(13-11)9-4-2-1-3-5-9/h1-8,16-18H. The van der Waals surface area contributed by atoms with Crippen LogP contribution in [0.25, 0.3) is 16.7 Å². The van der Waals surface area contributed by atoms with E-state index < -0.39 is 10.9 Å². The molecule has 0 saturated carbocycles. The van der Waals surface area contributed by atoms with E-state index in [1.165, 1.54) is 16.9 Å². The Morgan fingerprint density at radius 1 is 0.842 bits per heavy atom. The van der Waals surface area contributed by atoms with Gasteiger partial charge in [-0.3, -0.25) is 0 Å². The molecule has 2 aromatic carbocycles. The summed E-state index contributed by atoms with van der Waals surface area (Å²) in [5.41, 5.74) is 1.89. The van der Waals surface area contributed by atoms with Gasteiger partial charge in [-0.15, -0.1) is 10.2 Å². The van der Waals surface area contributed by atoms with Crippen LogP contribution < -0.4 is 0 Å². The van der Waals surface area contributed by atoms with Crippen molar-refractivity contribution in [3.63, 3.8) is 0 Å². The van der Waals surface area contributed by atoms with E-state index in [1.807, 2.05) is 30.3 Å². The van der Waals surface area contributed by atoms with Crippen molar-refractivity contribution in [2.75, 3.05) is 0 Å². The van der Waals surface area contributed by atoms with Crippen molar-refractivity contribution in [1.29, 1.82) is 0 Å². The Hall–Kier alpha value is -1.93. The molecular formula is C12H11N3O3S. The molecule has 0 aliphatic rings. The van der Waals surface area contributed by atoms with Crippen LogP contribution in [0.2, 0.25) is 0 Å². The molecule has 19 heavy (non-hydrogen) atoms. The maximum atomic E-state index is 9.21. The average Bonchev–Trinajstić information content (AvgIpc) is 2.81. The van der Waals surface area contributed by atoms with Crippen LogP contribution in [0.5, 0.6) is 0 Å². The van der Waals surface area contributed by atoms with Crippen molar-refractivity contribution in [3.8, 4) is 5.69 Å². The minimum Gasteiger partial charge on any atom is -0.304 e. The zero-order chi connectivity index (χ0) is 13.5. The lowest BCUT2D eigenvalue weighted by Gasteiger charge is -2.18. The number of benzene rings is 2. The highest BCUT2D eigenvalue weighted by Crippen LogP contribution is 2.43. The first-order valence-electron chi connectivity index (χ1n) is 5.47. The van der Waals surface area contributed by atoms with Crippen LogP contribution >= 0.6 is 10.9 Å². The number of rotatable bonds is 2. The van der Waals surface area contributed by atoms with Gasteiger partial charge in [0.15, 0.2) is 0 Å². The second-order valence-electron chi connectivity index (χ2n) is 3.99. The zero-order valence-electron chi connectivity index (χ0n) is 9.71. The van der Waals surface area contributed by atoms with Crippen molar-refractivity contribution in [2.45, 2.75) is 4.90 Å². The Morgan fingerprint density at radius 2 is 1.53 bits per heavy atom. The predicted molar refractivity (Wildman–Crippen MR) is 72.6 cm³/mol. The second kappa shape index (κ2) is 4.32. The van der Waals surface area contributed by atoms with Gasteiger partial charge in [-0.2, -0.15) is 4.80 Å². The van der Waals surface area contributed by atoms with Gasteiger partial charge in [0.25, 0.3) is 0 Å². The third-order valence-corrected chi connectivity index (χ3v) is 3.54. The van der Waals surface area contributed by atoms with Crippen molar-refractivity contribution in [2.24, 2.45) is 0 Å². The van der Waals surface area contributed by atoms with Gasteiger partial charge in [0.2, 0.25) is 0 Å². The van der Waals surface area contributed by atoms with Crippen LogP contribution in [-0.2, 0) is 0 Å². The van der Waals surface area contributed by atoms with E-state index in [-0.39, 0.29) is 4.90 Å². The first-order valence-corrected chi connectivity index (χ1v) is 6.98. The van der Waals surface area contributed by atoms with Crippen molar-refractivity contribution in [3.05, 3.63) is 48.5 Å². The summed E-state index contributed by atoms with van der Waals surface area (Å²) in [5, 5.41) is 8.52. The van der Waals surface area contributed by atoms with Crippen molar-refractivity contribution in [1.82, 2.24) is 15.0 Å². The van der Waals surface area contributed by atoms with Crippen LogP contribution in [0.1, 0.15) is 0 Å². The van der Waals surface area contributed by atoms with Crippen LogP contribution in [0, 0.1) is 0 Å². The summed E-state index contributed by atoms with van der Waals surface area (Å²) in [7, 11) is -3.73. The highest BCUT2D eigenvalue weighted by atomic mass is 32.3. The Labute approximate surface area is 110 Å². The summed E-state index contributed by atoms with van der Waals surface area (Å²) in [5.74, 6) is 0. The van der Waals surface area contributed by atoms with E-state index >= 15 is 0 Å². The monoisotopic (exact) mass is 277 g/mol. The van der Waals surface area contributed by atoms with Gasteiger partial charge in [-0.05, 0) is 30.3 Å². The molecule has 3 aromatic rings. The normalized spacial score (nSPS) is 12.8. The zero-order valence-corrected chi connectivity index (χ0v) is 10.5. The number of hydrogen-bond acceptors (Lipinski definition) is 5. The Bertz CT molecular complexity index is 722. The molecule has 0 spiro atoms. The lowest BCUT2D eigenvalue weighted by molar-refractivity contribution is 0.376. The molecule has 3 rings (SSSR count). The summed E-state index contributed by atoms with van der Waals surface area (Å²) in [6.07, 6.45) is 0. The van der Waals surface area contributed by atoms with Gasteiger partial charge >= 0.3 is 0 Å². The van der Waals surface area contributed by atoms with Crippen LogP contribution in [0.4, 0.5) is 0 Å². The first-order chi connectivity index (χ1) is 9.04. The molecule has 0 amide bonds. The topological polar surface area (TPSA) is 91.4 Å². The maximum Gasteiger partial charge on any atom is 0.114 e. The second-order valence-corrected chi connectivity index (χ2v) is 5.50. The van der Waals surface area contributed by atoms with Crippen molar-refractivity contribution >= 4 is 21.9 Å². The molecule has 0 saturated heterocycles. The Kier molecular flexibility index (Phi) is 2.76. The lowest BCUT2D eigenvalue weighted by Crippen LogP contribution is -1.97. The first kappa shape index (κ1) is 12.1. The summed E-state index contributed by atoms with van der Waals surface area (Å²) in [6, 6.07) is 13.8. The number of nitrogens with zero attached hydrogens (tertiary/aromatic N) is 3. The fraction of sp³-hybridized carbons (Fsp3) is 0. The van der Waals surface area contributed by atoms with E-state index in [4.69, 9.17) is 0 Å². The molecule has 0 unspecified atom stereocenters. The van der Waals surface area contributed by atoms with Crippen LogP contribution in [0.3, 0.4) is 0 Å². The van der Waals surface area contributed by atoms with E-state index in [1.54, 1.807) is 6.07 Å². The summed E-state index contributed by atoms with van der Waals surface area (Å²) >= 11 is 0. The molecule has 6 nitrogen and oxygen atoms in total. The molecule has 1 heterocycles. The van der Waals surface area contributed by atoms with Gasteiger partial charge < -0.3 is 13.7 Å². The quantitative estimate of drug-likeness (QED) is 0.669. The molecule has 0 fully saturated rings. The number of fused-ring (bicyclic) bond motifs is 1. The SMILES string of the molecule is OS(O)(O)c1ccc2nn(-c3ccccc3)nc2c1. The molecule has 3 N–H and O–H groups in total. The van der Waals surface area contributed by atoms with Gasteiger partial charge in [0.1, 0.15) is 21.9 Å². The highest BCUT2D eigenvalue weighted by molar-refractivity contribution is 8.19. The number of para-hydroxylation sites is 1. The molecule has 98 valence electrons. The van der Waals surface area contributed by atoms with Gasteiger partial charge in [0, 0.05) is 0 Å². The molecule has 0 bridgehead atoms. The van der Waals surface area contributed by atoms with E-state index in [9.17, 15) is 13.7 Å². The molecule has 0 radical (unpaired) electrons. The predicted octanol–water partition coefficient (Wildman–Crippen LogP) is 3.00. The Morgan fingerprint density at radius 3 is 2.21 bits per heavy atom. The summed E-state index contributed by atoms with van der Waals surface area (Å²) < 4.78 is 27.6. The van der Waals surface area contributed by atoms with Crippen molar-refractivity contribution < 1.29 is 13.7 Å². The van der Waals surface area contributed by atoms with Gasteiger partial charge in [0.05, 0.1) is 10.6 Å². The molecule has 0 aliphatic carbocycles. The molecule has 0 aliphatic heterocycles.